The van der Waals surface area contributed by atoms with Gasteiger partial charge in [-0.1, -0.05) is 18.2 Å². The molecule has 1 unspecified atom stereocenters. The van der Waals surface area contributed by atoms with Crippen LogP contribution in [0.3, 0.4) is 0 Å². The van der Waals surface area contributed by atoms with Gasteiger partial charge in [0.05, 0.1) is 18.3 Å². The van der Waals surface area contributed by atoms with E-state index in [4.69, 9.17) is 20.6 Å². The van der Waals surface area contributed by atoms with Crippen molar-refractivity contribution in [3.63, 3.8) is 0 Å². The lowest BCUT2D eigenvalue weighted by Gasteiger charge is -2.23. The first kappa shape index (κ1) is 28.8. The monoisotopic (exact) mass is 532 g/mol. The molecule has 10 nitrogen and oxygen atoms in total. The van der Waals surface area contributed by atoms with Crippen molar-refractivity contribution < 1.29 is 19.1 Å². The average Bonchev–Trinajstić information content (AvgIpc) is 2.91. The molecular formula is C29H36N6O4. The number of benzene rings is 3. The number of hydrazine groups is 1. The largest absolute Gasteiger partial charge is 0.490 e. The van der Waals surface area contributed by atoms with Gasteiger partial charge in [-0.2, -0.15) is 0 Å². The number of ether oxygens (including phenoxy) is 2. The Kier molecular flexibility index (Phi) is 9.75. The number of nitrogens with two attached hydrogens (primary N) is 1. The van der Waals surface area contributed by atoms with Crippen molar-refractivity contribution >= 4 is 29.0 Å². The van der Waals surface area contributed by atoms with E-state index < -0.39 is 17.9 Å². The summed E-state index contributed by atoms with van der Waals surface area (Å²) in [6, 6.07) is 18.3. The van der Waals surface area contributed by atoms with Crippen molar-refractivity contribution in [3.05, 3.63) is 83.4 Å². The molecule has 3 aromatic rings. The van der Waals surface area contributed by atoms with E-state index in [1.165, 1.54) is 0 Å². The SMILES string of the molecule is CCOc1cc(C(Nc2ccc(C(=N)N)cc2)C(=O)NNC(=O)c2ccccc2N(C)C)ccc1OC(C)C. The summed E-state index contributed by atoms with van der Waals surface area (Å²) >= 11 is 0. The van der Waals surface area contributed by atoms with Crippen LogP contribution < -0.4 is 36.3 Å². The minimum Gasteiger partial charge on any atom is -0.490 e. The summed E-state index contributed by atoms with van der Waals surface area (Å²) in [5.74, 6) is 0.0567. The summed E-state index contributed by atoms with van der Waals surface area (Å²) in [5.41, 5.74) is 13.5. The normalized spacial score (nSPS) is 11.3. The minimum absolute atomic E-state index is 0.0568. The number of amides is 2. The zero-order chi connectivity index (χ0) is 28.5. The minimum atomic E-state index is -0.912. The molecule has 0 heterocycles. The van der Waals surface area contributed by atoms with Gasteiger partial charge in [0.15, 0.2) is 11.5 Å². The Balaban J connectivity index is 1.90. The van der Waals surface area contributed by atoms with Gasteiger partial charge in [0, 0.05) is 31.0 Å². The molecule has 0 spiro atoms. The third-order valence-corrected chi connectivity index (χ3v) is 5.66. The molecule has 206 valence electrons. The fourth-order valence-electron chi connectivity index (χ4n) is 3.85. The van der Waals surface area contributed by atoms with Crippen LogP contribution in [0.5, 0.6) is 11.5 Å². The van der Waals surface area contributed by atoms with Crippen LogP contribution in [0.15, 0.2) is 66.7 Å². The van der Waals surface area contributed by atoms with Crippen LogP contribution >= 0.6 is 0 Å². The summed E-state index contributed by atoms with van der Waals surface area (Å²) in [5, 5.41) is 10.8. The van der Waals surface area contributed by atoms with Gasteiger partial charge in [0.1, 0.15) is 11.9 Å². The highest BCUT2D eigenvalue weighted by atomic mass is 16.5. The van der Waals surface area contributed by atoms with Crippen molar-refractivity contribution in [2.75, 3.05) is 30.9 Å². The second-order valence-corrected chi connectivity index (χ2v) is 9.23. The molecule has 10 heteroatoms. The fourth-order valence-corrected chi connectivity index (χ4v) is 3.85. The number of para-hydroxylation sites is 1. The van der Waals surface area contributed by atoms with E-state index in [1.54, 1.807) is 54.6 Å². The van der Waals surface area contributed by atoms with Gasteiger partial charge in [-0.25, -0.2) is 0 Å². The summed E-state index contributed by atoms with van der Waals surface area (Å²) in [6.45, 7) is 6.12. The van der Waals surface area contributed by atoms with Gasteiger partial charge < -0.3 is 25.4 Å². The lowest BCUT2D eigenvalue weighted by atomic mass is 10.0. The molecule has 0 saturated carbocycles. The number of nitrogens with one attached hydrogen (secondary N) is 4. The first-order valence-electron chi connectivity index (χ1n) is 12.6. The summed E-state index contributed by atoms with van der Waals surface area (Å²) in [7, 11) is 3.68. The number of amidine groups is 1. The summed E-state index contributed by atoms with van der Waals surface area (Å²) in [4.78, 5) is 28.2. The van der Waals surface area contributed by atoms with Crippen LogP contribution in [0, 0.1) is 5.41 Å². The van der Waals surface area contributed by atoms with Gasteiger partial charge in [-0.05, 0) is 74.9 Å². The van der Waals surface area contributed by atoms with Crippen LogP contribution in [-0.2, 0) is 4.79 Å². The Bertz CT molecular complexity index is 1310. The van der Waals surface area contributed by atoms with E-state index in [9.17, 15) is 9.59 Å². The van der Waals surface area contributed by atoms with E-state index in [1.807, 2.05) is 51.9 Å². The zero-order valence-electron chi connectivity index (χ0n) is 22.9. The fraction of sp³-hybridized carbons (Fsp3) is 0.276. The predicted molar refractivity (Wildman–Crippen MR) is 154 cm³/mol. The first-order chi connectivity index (χ1) is 18.6. The molecule has 3 aromatic carbocycles. The van der Waals surface area contributed by atoms with Gasteiger partial charge in [-0.3, -0.25) is 25.8 Å². The number of rotatable bonds is 11. The van der Waals surface area contributed by atoms with Crippen LogP contribution in [-0.4, -0.2) is 44.5 Å². The number of hydrogen-bond donors (Lipinski definition) is 5. The molecule has 0 aromatic heterocycles. The molecule has 2 amide bonds. The van der Waals surface area contributed by atoms with E-state index in [0.717, 1.165) is 0 Å². The number of carbonyl (C=O) groups excluding carboxylic acids is 2. The van der Waals surface area contributed by atoms with Crippen LogP contribution in [0.1, 0.15) is 48.3 Å². The highest BCUT2D eigenvalue weighted by Crippen LogP contribution is 2.33. The Morgan fingerprint density at radius 1 is 0.974 bits per heavy atom. The Morgan fingerprint density at radius 3 is 2.28 bits per heavy atom. The Morgan fingerprint density at radius 2 is 1.67 bits per heavy atom. The van der Waals surface area contributed by atoms with Gasteiger partial charge in [0.2, 0.25) is 0 Å². The molecule has 0 fully saturated rings. The standard InChI is InChI=1S/C29H36N6O4/c1-6-38-25-17-20(13-16-24(25)39-18(2)3)26(32-21-14-11-19(12-15-21)27(30)31)29(37)34-33-28(36)22-9-7-8-10-23(22)35(4)5/h7-18,26,32H,6H2,1-5H3,(H3,30,31)(H,33,36)(H,34,37). The average molecular weight is 533 g/mol. The van der Waals surface area contributed by atoms with E-state index in [0.29, 0.717) is 46.2 Å². The van der Waals surface area contributed by atoms with Gasteiger partial charge in [0.25, 0.3) is 11.8 Å². The number of nitrogens with zero attached hydrogens (tertiary/aromatic N) is 1. The van der Waals surface area contributed by atoms with Gasteiger partial charge in [-0.15, -0.1) is 0 Å². The quantitative estimate of drug-likeness (QED) is 0.143. The van der Waals surface area contributed by atoms with E-state index in [-0.39, 0.29) is 11.9 Å². The molecule has 0 aliphatic carbocycles. The maximum Gasteiger partial charge on any atom is 0.271 e. The predicted octanol–water partition coefficient (Wildman–Crippen LogP) is 3.84. The molecule has 0 bridgehead atoms. The summed E-state index contributed by atoms with van der Waals surface area (Å²) in [6.07, 6.45) is -0.0627. The maximum absolute atomic E-state index is 13.5. The second-order valence-electron chi connectivity index (χ2n) is 9.23. The topological polar surface area (TPSA) is 142 Å². The molecule has 39 heavy (non-hydrogen) atoms. The zero-order valence-corrected chi connectivity index (χ0v) is 22.9. The third-order valence-electron chi connectivity index (χ3n) is 5.66. The summed E-state index contributed by atoms with van der Waals surface area (Å²) < 4.78 is 11.7. The number of hydrogen-bond acceptors (Lipinski definition) is 7. The number of nitrogen functional groups attached to an aromatic ring is 1. The van der Waals surface area contributed by atoms with Crippen molar-refractivity contribution in [1.82, 2.24) is 10.9 Å². The van der Waals surface area contributed by atoms with Crippen molar-refractivity contribution in [2.45, 2.75) is 32.9 Å². The Hall–Kier alpha value is -4.73. The molecule has 0 radical (unpaired) electrons. The number of carbonyl (C=O) groups is 2. The highest BCUT2D eigenvalue weighted by Gasteiger charge is 2.24. The molecule has 0 saturated heterocycles. The highest BCUT2D eigenvalue weighted by molar-refractivity contribution is 6.01. The number of anilines is 2. The molecule has 0 aliphatic heterocycles. The van der Waals surface area contributed by atoms with Crippen molar-refractivity contribution in [1.29, 1.82) is 5.41 Å². The van der Waals surface area contributed by atoms with Crippen LogP contribution in [0.2, 0.25) is 0 Å². The third kappa shape index (κ3) is 7.64. The van der Waals surface area contributed by atoms with Crippen LogP contribution in [0.4, 0.5) is 11.4 Å². The molecule has 1 atom stereocenters. The van der Waals surface area contributed by atoms with E-state index in [2.05, 4.69) is 16.2 Å². The molecule has 6 N–H and O–H groups in total. The lowest BCUT2D eigenvalue weighted by Crippen LogP contribution is -2.45. The molecular weight excluding hydrogens is 496 g/mol. The molecule has 0 aliphatic rings. The lowest BCUT2D eigenvalue weighted by molar-refractivity contribution is -0.122. The first-order valence-corrected chi connectivity index (χ1v) is 12.6. The van der Waals surface area contributed by atoms with Crippen LogP contribution in [0.25, 0.3) is 0 Å². The Labute approximate surface area is 229 Å². The molecule has 3 rings (SSSR count). The maximum atomic E-state index is 13.5. The van der Waals surface area contributed by atoms with E-state index >= 15 is 0 Å². The second kappa shape index (κ2) is 13.2. The van der Waals surface area contributed by atoms with Crippen molar-refractivity contribution in [2.24, 2.45) is 5.73 Å². The van der Waals surface area contributed by atoms with Crippen molar-refractivity contribution in [3.8, 4) is 11.5 Å². The smallest absolute Gasteiger partial charge is 0.271 e. The van der Waals surface area contributed by atoms with Gasteiger partial charge >= 0.3 is 0 Å².